The molecule has 0 saturated heterocycles. The summed E-state index contributed by atoms with van der Waals surface area (Å²) in [5, 5.41) is 0. The quantitative estimate of drug-likeness (QED) is 0.461. The molecule has 1 aliphatic heterocycles. The van der Waals surface area contributed by atoms with E-state index >= 15 is 0 Å². The molecule has 2 aromatic rings. The third-order valence-corrected chi connectivity index (χ3v) is 4.97. The molecule has 186 valence electrons. The van der Waals surface area contributed by atoms with E-state index in [1.165, 1.54) is 25.3 Å². The van der Waals surface area contributed by atoms with Crippen LogP contribution < -0.4 is 10.5 Å². The molecule has 0 radical (unpaired) electrons. The zero-order valence-electron chi connectivity index (χ0n) is 18.7. The average Bonchev–Trinajstić information content (AvgIpc) is 2.79. The third-order valence-electron chi connectivity index (χ3n) is 4.97. The molecule has 0 fully saturated rings. The highest BCUT2D eigenvalue weighted by atomic mass is 19.4. The van der Waals surface area contributed by atoms with Crippen LogP contribution in [0.5, 0.6) is 5.88 Å². The predicted molar refractivity (Wildman–Crippen MR) is 117 cm³/mol. The summed E-state index contributed by atoms with van der Waals surface area (Å²) in [6.07, 6.45) is -2.50. The fourth-order valence-electron chi connectivity index (χ4n) is 3.23. The Morgan fingerprint density at radius 2 is 2.09 bits per heavy atom. The van der Waals surface area contributed by atoms with E-state index in [9.17, 15) is 22.0 Å². The van der Waals surface area contributed by atoms with Crippen LogP contribution in [0, 0.1) is 17.7 Å². The van der Waals surface area contributed by atoms with Gasteiger partial charge >= 0.3 is 6.18 Å². The van der Waals surface area contributed by atoms with Gasteiger partial charge in [-0.1, -0.05) is 12.0 Å². The van der Waals surface area contributed by atoms with Gasteiger partial charge in [0, 0.05) is 5.56 Å². The lowest BCUT2D eigenvalue weighted by atomic mass is 9.85. The van der Waals surface area contributed by atoms with Gasteiger partial charge in [0.15, 0.2) is 12.4 Å². The first-order chi connectivity index (χ1) is 16.5. The van der Waals surface area contributed by atoms with Crippen LogP contribution in [0.1, 0.15) is 30.7 Å². The molecule has 0 spiro atoms. The summed E-state index contributed by atoms with van der Waals surface area (Å²) in [6.45, 7) is 1.14. The molecule has 0 amide bonds. The average molecular weight is 496 g/mol. The minimum Gasteiger partial charge on any atom is -0.463 e. The highest BCUT2D eigenvalue weighted by Gasteiger charge is 2.44. The van der Waals surface area contributed by atoms with E-state index in [4.69, 9.17) is 19.9 Å². The largest absolute Gasteiger partial charge is 0.463 e. The Balaban J connectivity index is 1.89. The molecular formula is C23H21F5N4O3. The van der Waals surface area contributed by atoms with Crippen molar-refractivity contribution in [3.05, 3.63) is 53.2 Å². The first kappa shape index (κ1) is 25.9. The summed E-state index contributed by atoms with van der Waals surface area (Å²) in [4.78, 5) is 11.9. The number of rotatable bonds is 7. The smallest absolute Gasteiger partial charge is 0.411 e. The first-order valence-corrected chi connectivity index (χ1v) is 10.2. The van der Waals surface area contributed by atoms with Crippen molar-refractivity contribution in [3.63, 3.8) is 0 Å². The Bertz CT molecular complexity index is 1170. The molecule has 1 aromatic carbocycles. The summed E-state index contributed by atoms with van der Waals surface area (Å²) in [5.41, 5.74) is 3.87. The van der Waals surface area contributed by atoms with Gasteiger partial charge < -0.3 is 19.9 Å². The summed E-state index contributed by atoms with van der Waals surface area (Å²) in [7, 11) is 0. The fourth-order valence-corrected chi connectivity index (χ4v) is 3.23. The molecule has 2 heterocycles. The predicted octanol–water partition coefficient (Wildman–Crippen LogP) is 3.99. The third kappa shape index (κ3) is 6.66. The zero-order valence-corrected chi connectivity index (χ0v) is 18.7. The fraction of sp³-hybridized carbons (Fsp3) is 0.348. The van der Waals surface area contributed by atoms with Crippen LogP contribution in [0.3, 0.4) is 0 Å². The Morgan fingerprint density at radius 1 is 1.31 bits per heavy atom. The maximum atomic E-state index is 14.8. The van der Waals surface area contributed by atoms with Crippen molar-refractivity contribution in [1.29, 1.82) is 0 Å². The SMILES string of the molecule is CC#CCOc1cnc(/C(F)=C/c2ccc(F)c(C3(C)N=C(N)OCC3OCC(F)(F)F)c2)cn1. The number of amidine groups is 1. The maximum Gasteiger partial charge on any atom is 0.411 e. The molecule has 2 unspecified atom stereocenters. The van der Waals surface area contributed by atoms with Crippen molar-refractivity contribution >= 4 is 17.9 Å². The van der Waals surface area contributed by atoms with Crippen molar-refractivity contribution < 1.29 is 36.2 Å². The lowest BCUT2D eigenvalue weighted by Gasteiger charge is -2.38. The van der Waals surface area contributed by atoms with Crippen LogP contribution in [-0.2, 0) is 15.0 Å². The van der Waals surface area contributed by atoms with Gasteiger partial charge in [-0.3, -0.25) is 0 Å². The van der Waals surface area contributed by atoms with Crippen LogP contribution in [0.4, 0.5) is 22.0 Å². The molecule has 2 atom stereocenters. The Kier molecular flexibility index (Phi) is 7.91. The van der Waals surface area contributed by atoms with E-state index in [0.29, 0.717) is 0 Å². The number of nitrogens with zero attached hydrogens (tertiary/aromatic N) is 3. The van der Waals surface area contributed by atoms with E-state index in [2.05, 4.69) is 26.8 Å². The summed E-state index contributed by atoms with van der Waals surface area (Å²) < 4.78 is 83.0. The lowest BCUT2D eigenvalue weighted by molar-refractivity contribution is -0.197. The van der Waals surface area contributed by atoms with E-state index in [-0.39, 0.29) is 41.9 Å². The van der Waals surface area contributed by atoms with Gasteiger partial charge in [-0.15, -0.1) is 5.92 Å². The molecule has 1 aromatic heterocycles. The number of ether oxygens (including phenoxy) is 3. The van der Waals surface area contributed by atoms with Gasteiger partial charge in [-0.05, 0) is 37.6 Å². The van der Waals surface area contributed by atoms with Gasteiger partial charge in [0.2, 0.25) is 5.88 Å². The van der Waals surface area contributed by atoms with Gasteiger partial charge in [-0.25, -0.2) is 23.7 Å². The van der Waals surface area contributed by atoms with Gasteiger partial charge in [0.25, 0.3) is 6.02 Å². The molecular weight excluding hydrogens is 475 g/mol. The number of hydrogen-bond donors (Lipinski definition) is 1. The molecule has 0 bridgehead atoms. The number of nitrogens with two attached hydrogens (primary N) is 1. The minimum atomic E-state index is -4.62. The van der Waals surface area contributed by atoms with E-state index in [0.717, 1.165) is 18.3 Å². The molecule has 7 nitrogen and oxygen atoms in total. The number of alkyl halides is 3. The van der Waals surface area contributed by atoms with Gasteiger partial charge in [0.05, 0.1) is 12.4 Å². The second kappa shape index (κ2) is 10.7. The molecule has 1 aliphatic rings. The molecule has 0 aliphatic carbocycles. The van der Waals surface area contributed by atoms with Crippen LogP contribution in [0.15, 0.2) is 35.6 Å². The van der Waals surface area contributed by atoms with E-state index < -0.39 is 36.1 Å². The number of aromatic nitrogens is 2. The van der Waals surface area contributed by atoms with E-state index in [1.54, 1.807) is 6.92 Å². The number of benzene rings is 1. The Morgan fingerprint density at radius 3 is 2.74 bits per heavy atom. The Labute approximate surface area is 197 Å². The van der Waals surface area contributed by atoms with Crippen LogP contribution in [0.2, 0.25) is 0 Å². The van der Waals surface area contributed by atoms with Crippen molar-refractivity contribution in [1.82, 2.24) is 9.97 Å². The molecule has 3 rings (SSSR count). The van der Waals surface area contributed by atoms with Crippen molar-refractivity contribution in [3.8, 4) is 17.7 Å². The lowest BCUT2D eigenvalue weighted by Crippen LogP contribution is -2.48. The first-order valence-electron chi connectivity index (χ1n) is 10.2. The molecule has 35 heavy (non-hydrogen) atoms. The summed E-state index contributed by atoms with van der Waals surface area (Å²) in [6, 6.07) is 3.23. The number of aliphatic imine (C=N–C) groups is 1. The maximum absolute atomic E-state index is 14.8. The summed E-state index contributed by atoms with van der Waals surface area (Å²) in [5.74, 6) is 3.90. The number of halogens is 5. The zero-order chi connectivity index (χ0) is 25.6. The molecule has 12 heteroatoms. The highest BCUT2D eigenvalue weighted by molar-refractivity contribution is 5.76. The second-order valence-corrected chi connectivity index (χ2v) is 7.51. The van der Waals surface area contributed by atoms with Crippen molar-refractivity contribution in [2.24, 2.45) is 10.7 Å². The minimum absolute atomic E-state index is 0.103. The van der Waals surface area contributed by atoms with Crippen molar-refractivity contribution in [2.45, 2.75) is 31.7 Å². The van der Waals surface area contributed by atoms with Gasteiger partial charge in [0.1, 0.15) is 36.4 Å². The topological polar surface area (TPSA) is 91.9 Å². The normalized spacial score (nSPS) is 20.4. The van der Waals surface area contributed by atoms with E-state index in [1.807, 2.05) is 0 Å². The summed E-state index contributed by atoms with van der Waals surface area (Å²) >= 11 is 0. The monoisotopic (exact) mass is 496 g/mol. The Hall–Kier alpha value is -3.72. The van der Waals surface area contributed by atoms with Gasteiger partial charge in [-0.2, -0.15) is 13.2 Å². The number of hydrogen-bond acceptors (Lipinski definition) is 7. The van der Waals surface area contributed by atoms with Crippen LogP contribution >= 0.6 is 0 Å². The van der Waals surface area contributed by atoms with Crippen LogP contribution in [-0.4, -0.2) is 48.1 Å². The second-order valence-electron chi connectivity index (χ2n) is 7.51. The molecule has 0 saturated carbocycles. The standard InChI is InChI=1S/C23H21F5N4O3/c1-3-4-7-33-20-11-30-18(10-31-20)17(25)9-14-5-6-16(24)15(8-14)22(2)19(12-34-21(29)32-22)35-13-23(26,27)28/h5-6,8-11,19H,7,12-13H2,1-2H3,(H2,29,32)/b17-9-. The van der Waals surface area contributed by atoms with Crippen molar-refractivity contribution in [2.75, 3.05) is 19.8 Å². The van der Waals surface area contributed by atoms with Crippen LogP contribution in [0.25, 0.3) is 11.9 Å². The highest BCUT2D eigenvalue weighted by Crippen LogP contribution is 2.37. The molecule has 2 N–H and O–H groups in total.